The number of fused-ring (bicyclic) bond motifs is 1. The quantitative estimate of drug-likeness (QED) is 0.754. The van der Waals surface area contributed by atoms with Crippen LogP contribution in [0.3, 0.4) is 0 Å². The summed E-state index contributed by atoms with van der Waals surface area (Å²) in [7, 11) is -3.67. The highest BCUT2D eigenvalue weighted by atomic mass is 32.2. The number of hydrogen-bond acceptors (Lipinski definition) is 4. The molecule has 3 rings (SSSR count). The standard InChI is InChI=1S/C21H24N2O4S/c1-21(2,3)23-28(25,26)18-6-4-5-17(14-18)22-20(24)10-8-15-7-9-19-16(13-15)11-12-27-19/h4-10,13-14,23H,11-12H2,1-3H3,(H,22,24)/b10-8+. The minimum atomic E-state index is -3.67. The van der Waals surface area contributed by atoms with E-state index >= 15 is 0 Å². The fourth-order valence-corrected chi connectivity index (χ4v) is 4.33. The molecule has 0 aliphatic carbocycles. The van der Waals surface area contributed by atoms with Crippen molar-refractivity contribution in [1.29, 1.82) is 0 Å². The van der Waals surface area contributed by atoms with Gasteiger partial charge in [0.25, 0.3) is 0 Å². The number of sulfonamides is 1. The Morgan fingerprint density at radius 2 is 1.93 bits per heavy atom. The summed E-state index contributed by atoms with van der Waals surface area (Å²) in [6, 6.07) is 12.0. The number of benzene rings is 2. The second-order valence-corrected chi connectivity index (χ2v) is 9.35. The lowest BCUT2D eigenvalue weighted by Crippen LogP contribution is -2.40. The van der Waals surface area contributed by atoms with Crippen LogP contribution in [0.5, 0.6) is 5.75 Å². The first-order chi connectivity index (χ1) is 13.1. The summed E-state index contributed by atoms with van der Waals surface area (Å²) >= 11 is 0. The second-order valence-electron chi connectivity index (χ2n) is 7.67. The Morgan fingerprint density at radius 1 is 1.14 bits per heavy atom. The molecule has 1 amide bonds. The number of hydrogen-bond donors (Lipinski definition) is 2. The summed E-state index contributed by atoms with van der Waals surface area (Å²) in [4.78, 5) is 12.3. The van der Waals surface area contributed by atoms with Crippen LogP contribution < -0.4 is 14.8 Å². The van der Waals surface area contributed by atoms with Crippen LogP contribution in [0, 0.1) is 0 Å². The number of anilines is 1. The van der Waals surface area contributed by atoms with Crippen LogP contribution in [0.2, 0.25) is 0 Å². The van der Waals surface area contributed by atoms with Gasteiger partial charge in [0.15, 0.2) is 0 Å². The molecule has 28 heavy (non-hydrogen) atoms. The van der Waals surface area contributed by atoms with E-state index < -0.39 is 15.6 Å². The van der Waals surface area contributed by atoms with E-state index in [4.69, 9.17) is 4.74 Å². The molecule has 0 fully saturated rings. The van der Waals surface area contributed by atoms with E-state index in [-0.39, 0.29) is 10.8 Å². The summed E-state index contributed by atoms with van der Waals surface area (Å²) in [5.41, 5.74) is 1.85. The number of amides is 1. The Bertz CT molecular complexity index is 1020. The molecule has 2 aromatic carbocycles. The molecular weight excluding hydrogens is 376 g/mol. The fraction of sp³-hybridized carbons (Fsp3) is 0.286. The van der Waals surface area contributed by atoms with Gasteiger partial charge < -0.3 is 10.1 Å². The highest BCUT2D eigenvalue weighted by Crippen LogP contribution is 2.26. The van der Waals surface area contributed by atoms with Crippen LogP contribution in [-0.2, 0) is 21.2 Å². The molecule has 0 bridgehead atoms. The average Bonchev–Trinajstić information content (AvgIpc) is 3.06. The molecule has 1 heterocycles. The molecule has 0 unspecified atom stereocenters. The third-order valence-corrected chi connectivity index (χ3v) is 5.75. The molecule has 7 heteroatoms. The summed E-state index contributed by atoms with van der Waals surface area (Å²) < 4.78 is 32.9. The lowest BCUT2D eigenvalue weighted by molar-refractivity contribution is -0.111. The zero-order valence-corrected chi connectivity index (χ0v) is 17.0. The van der Waals surface area contributed by atoms with Crippen molar-refractivity contribution in [2.75, 3.05) is 11.9 Å². The van der Waals surface area contributed by atoms with Gasteiger partial charge in [-0.1, -0.05) is 12.1 Å². The van der Waals surface area contributed by atoms with Crippen molar-refractivity contribution in [2.24, 2.45) is 0 Å². The average molecular weight is 401 g/mol. The molecule has 2 N–H and O–H groups in total. The van der Waals surface area contributed by atoms with E-state index in [1.807, 2.05) is 18.2 Å². The molecule has 0 atom stereocenters. The van der Waals surface area contributed by atoms with E-state index in [1.54, 1.807) is 39.0 Å². The molecule has 0 spiro atoms. The Labute approximate surface area is 165 Å². The molecule has 0 saturated carbocycles. The van der Waals surface area contributed by atoms with Crippen LogP contribution in [0.15, 0.2) is 53.4 Å². The monoisotopic (exact) mass is 400 g/mol. The number of ether oxygens (including phenoxy) is 1. The van der Waals surface area contributed by atoms with Crippen molar-refractivity contribution in [3.63, 3.8) is 0 Å². The predicted octanol–water partition coefficient (Wildman–Crippen LogP) is 3.35. The van der Waals surface area contributed by atoms with E-state index in [9.17, 15) is 13.2 Å². The third kappa shape index (κ3) is 5.21. The Balaban J connectivity index is 1.69. The van der Waals surface area contributed by atoms with Crippen LogP contribution in [0.4, 0.5) is 5.69 Å². The van der Waals surface area contributed by atoms with Gasteiger partial charge in [0, 0.05) is 23.7 Å². The molecule has 0 saturated heterocycles. The molecule has 2 aromatic rings. The van der Waals surface area contributed by atoms with Gasteiger partial charge in [-0.2, -0.15) is 0 Å². The minimum Gasteiger partial charge on any atom is -0.493 e. The molecule has 1 aliphatic rings. The predicted molar refractivity (Wildman–Crippen MR) is 110 cm³/mol. The Kier molecular flexibility index (Phi) is 5.58. The summed E-state index contributed by atoms with van der Waals surface area (Å²) in [6.45, 7) is 6.00. The van der Waals surface area contributed by atoms with Crippen LogP contribution in [0.1, 0.15) is 31.9 Å². The van der Waals surface area contributed by atoms with Crippen molar-refractivity contribution >= 4 is 27.7 Å². The van der Waals surface area contributed by atoms with Crippen molar-refractivity contribution in [3.05, 3.63) is 59.7 Å². The first kappa shape index (κ1) is 20.1. The van der Waals surface area contributed by atoms with Gasteiger partial charge in [-0.05, 0) is 68.3 Å². The maximum Gasteiger partial charge on any atom is 0.248 e. The molecule has 6 nitrogen and oxygen atoms in total. The summed E-state index contributed by atoms with van der Waals surface area (Å²) in [5, 5.41) is 2.70. The van der Waals surface area contributed by atoms with Gasteiger partial charge in [-0.3, -0.25) is 4.79 Å². The van der Waals surface area contributed by atoms with Gasteiger partial charge in [-0.15, -0.1) is 0 Å². The van der Waals surface area contributed by atoms with E-state index in [1.165, 1.54) is 18.2 Å². The smallest absolute Gasteiger partial charge is 0.248 e. The van der Waals surface area contributed by atoms with Gasteiger partial charge in [0.05, 0.1) is 11.5 Å². The highest BCUT2D eigenvalue weighted by Gasteiger charge is 2.22. The number of carbonyl (C=O) groups is 1. The maximum atomic E-state index is 12.4. The molecule has 148 valence electrons. The molecular formula is C21H24N2O4S. The molecule has 0 aromatic heterocycles. The lowest BCUT2D eigenvalue weighted by atomic mass is 10.1. The zero-order chi connectivity index (χ0) is 20.4. The Morgan fingerprint density at radius 3 is 2.68 bits per heavy atom. The van der Waals surface area contributed by atoms with Crippen LogP contribution in [0.25, 0.3) is 6.08 Å². The van der Waals surface area contributed by atoms with Crippen molar-refractivity contribution in [3.8, 4) is 5.75 Å². The summed E-state index contributed by atoms with van der Waals surface area (Å²) in [6.07, 6.45) is 4.01. The fourth-order valence-electron chi connectivity index (χ4n) is 2.87. The van der Waals surface area contributed by atoms with Gasteiger partial charge in [0.2, 0.25) is 15.9 Å². The third-order valence-electron chi connectivity index (χ3n) is 3.99. The molecule has 1 aliphatic heterocycles. The lowest BCUT2D eigenvalue weighted by Gasteiger charge is -2.20. The van der Waals surface area contributed by atoms with Crippen LogP contribution >= 0.6 is 0 Å². The first-order valence-electron chi connectivity index (χ1n) is 9.01. The maximum absolute atomic E-state index is 12.4. The largest absolute Gasteiger partial charge is 0.493 e. The van der Waals surface area contributed by atoms with Gasteiger partial charge in [-0.25, -0.2) is 13.1 Å². The first-order valence-corrected chi connectivity index (χ1v) is 10.5. The highest BCUT2D eigenvalue weighted by molar-refractivity contribution is 7.89. The van der Waals surface area contributed by atoms with Crippen molar-refractivity contribution < 1.29 is 17.9 Å². The summed E-state index contributed by atoms with van der Waals surface area (Å²) in [5.74, 6) is 0.554. The normalized spacial score (nSPS) is 14.0. The number of rotatable bonds is 5. The minimum absolute atomic E-state index is 0.0998. The number of carbonyl (C=O) groups excluding carboxylic acids is 1. The van der Waals surface area contributed by atoms with Crippen LogP contribution in [-0.4, -0.2) is 26.5 Å². The van der Waals surface area contributed by atoms with E-state index in [0.29, 0.717) is 12.3 Å². The van der Waals surface area contributed by atoms with Crippen molar-refractivity contribution in [1.82, 2.24) is 4.72 Å². The van der Waals surface area contributed by atoms with E-state index in [0.717, 1.165) is 23.3 Å². The van der Waals surface area contributed by atoms with E-state index in [2.05, 4.69) is 10.0 Å². The second kappa shape index (κ2) is 7.77. The van der Waals surface area contributed by atoms with Gasteiger partial charge in [0.1, 0.15) is 5.75 Å². The molecule has 0 radical (unpaired) electrons. The Hall–Kier alpha value is -2.64. The number of nitrogens with one attached hydrogen (secondary N) is 2. The van der Waals surface area contributed by atoms with Crippen molar-refractivity contribution in [2.45, 2.75) is 37.6 Å². The zero-order valence-electron chi connectivity index (χ0n) is 16.2. The van der Waals surface area contributed by atoms with Gasteiger partial charge >= 0.3 is 0 Å². The topological polar surface area (TPSA) is 84.5 Å². The SMILES string of the molecule is CC(C)(C)NS(=O)(=O)c1cccc(NC(=O)/C=C/c2ccc3c(c2)CCO3)c1.